The first kappa shape index (κ1) is 16.2. The lowest BCUT2D eigenvalue weighted by Crippen LogP contribution is -2.52. The van der Waals surface area contributed by atoms with Crippen LogP contribution in [0.25, 0.3) is 0 Å². The van der Waals surface area contributed by atoms with Gasteiger partial charge in [0.2, 0.25) is 0 Å². The SMILES string of the molecule is CCNCC1CCCCN1C1CCCC(S(C)(=O)=O)C1. The Morgan fingerprint density at radius 2 is 1.95 bits per heavy atom. The Labute approximate surface area is 124 Å². The summed E-state index contributed by atoms with van der Waals surface area (Å²) in [6, 6.07) is 1.08. The zero-order chi connectivity index (χ0) is 14.6. The maximum Gasteiger partial charge on any atom is 0.150 e. The van der Waals surface area contributed by atoms with Gasteiger partial charge in [0.15, 0.2) is 0 Å². The molecule has 1 saturated carbocycles. The molecule has 1 saturated heterocycles. The van der Waals surface area contributed by atoms with Gasteiger partial charge in [-0.25, -0.2) is 8.42 Å². The van der Waals surface area contributed by atoms with E-state index < -0.39 is 9.84 Å². The lowest BCUT2D eigenvalue weighted by Gasteiger charge is -2.44. The quantitative estimate of drug-likeness (QED) is 0.841. The predicted molar refractivity (Wildman–Crippen MR) is 83.8 cm³/mol. The van der Waals surface area contributed by atoms with Crippen molar-refractivity contribution in [1.82, 2.24) is 10.2 Å². The number of hydrogen-bond donors (Lipinski definition) is 1. The zero-order valence-corrected chi connectivity index (χ0v) is 13.8. The average molecular weight is 302 g/mol. The first-order chi connectivity index (χ1) is 9.52. The number of rotatable bonds is 5. The minimum Gasteiger partial charge on any atom is -0.315 e. The number of hydrogen-bond acceptors (Lipinski definition) is 4. The van der Waals surface area contributed by atoms with E-state index in [4.69, 9.17) is 0 Å². The number of nitrogens with zero attached hydrogens (tertiary/aromatic N) is 1. The zero-order valence-electron chi connectivity index (χ0n) is 13.0. The number of likely N-dealkylation sites (N-methyl/N-ethyl adjacent to an activating group) is 1. The van der Waals surface area contributed by atoms with E-state index in [0.717, 1.165) is 38.9 Å². The van der Waals surface area contributed by atoms with Crippen molar-refractivity contribution in [2.75, 3.05) is 25.9 Å². The molecule has 1 N–H and O–H groups in total. The summed E-state index contributed by atoms with van der Waals surface area (Å²) >= 11 is 0. The third-order valence-electron chi connectivity index (χ3n) is 4.98. The highest BCUT2D eigenvalue weighted by Gasteiger charge is 2.35. The first-order valence-corrected chi connectivity index (χ1v) is 10.1. The first-order valence-electron chi connectivity index (χ1n) is 8.17. The summed E-state index contributed by atoms with van der Waals surface area (Å²) in [5.74, 6) is 0. The largest absolute Gasteiger partial charge is 0.315 e. The molecule has 2 rings (SSSR count). The van der Waals surface area contributed by atoms with Crippen molar-refractivity contribution in [3.63, 3.8) is 0 Å². The van der Waals surface area contributed by atoms with Gasteiger partial charge < -0.3 is 5.32 Å². The molecular weight excluding hydrogens is 272 g/mol. The highest BCUT2D eigenvalue weighted by Crippen LogP contribution is 2.31. The summed E-state index contributed by atoms with van der Waals surface area (Å²) in [7, 11) is -2.87. The smallest absolute Gasteiger partial charge is 0.150 e. The Balaban J connectivity index is 2.00. The standard InChI is InChI=1S/C15H30N2O2S/c1-3-16-12-14-7-4-5-10-17(14)13-8-6-9-15(11-13)20(2,18)19/h13-16H,3-12H2,1-2H3. The Bertz CT molecular complexity index is 397. The third-order valence-corrected chi connectivity index (χ3v) is 6.61. The van der Waals surface area contributed by atoms with Gasteiger partial charge in [-0.15, -0.1) is 0 Å². The van der Waals surface area contributed by atoms with Gasteiger partial charge in [0.05, 0.1) is 5.25 Å². The van der Waals surface area contributed by atoms with Gasteiger partial charge in [-0.1, -0.05) is 19.8 Å². The monoisotopic (exact) mass is 302 g/mol. The van der Waals surface area contributed by atoms with Crippen LogP contribution in [-0.2, 0) is 9.84 Å². The van der Waals surface area contributed by atoms with Gasteiger partial charge in [0.25, 0.3) is 0 Å². The van der Waals surface area contributed by atoms with Crippen molar-refractivity contribution in [2.24, 2.45) is 0 Å². The molecule has 118 valence electrons. The van der Waals surface area contributed by atoms with Crippen LogP contribution in [0.1, 0.15) is 51.9 Å². The van der Waals surface area contributed by atoms with Gasteiger partial charge >= 0.3 is 0 Å². The number of piperidine rings is 1. The number of nitrogens with one attached hydrogen (secondary N) is 1. The molecule has 2 aliphatic rings. The van der Waals surface area contributed by atoms with Crippen LogP contribution >= 0.6 is 0 Å². The molecule has 5 heteroatoms. The summed E-state index contributed by atoms with van der Waals surface area (Å²) < 4.78 is 23.7. The summed E-state index contributed by atoms with van der Waals surface area (Å²) in [4.78, 5) is 2.61. The second kappa shape index (κ2) is 7.23. The predicted octanol–water partition coefficient (Wildman–Crippen LogP) is 1.81. The van der Waals surface area contributed by atoms with E-state index in [1.54, 1.807) is 0 Å². The van der Waals surface area contributed by atoms with E-state index in [1.807, 2.05) is 0 Å². The Hall–Kier alpha value is -0.130. The van der Waals surface area contributed by atoms with E-state index in [-0.39, 0.29) is 5.25 Å². The van der Waals surface area contributed by atoms with E-state index in [1.165, 1.54) is 31.9 Å². The van der Waals surface area contributed by atoms with Crippen LogP contribution in [0.3, 0.4) is 0 Å². The lowest BCUT2D eigenvalue weighted by atomic mass is 9.90. The highest BCUT2D eigenvalue weighted by molar-refractivity contribution is 7.91. The minimum atomic E-state index is -2.87. The Morgan fingerprint density at radius 3 is 2.65 bits per heavy atom. The maximum atomic E-state index is 11.8. The molecule has 0 aromatic rings. The third kappa shape index (κ3) is 4.18. The van der Waals surface area contributed by atoms with Crippen LogP contribution in [-0.4, -0.2) is 56.5 Å². The van der Waals surface area contributed by atoms with Crippen LogP contribution in [0.4, 0.5) is 0 Å². The van der Waals surface area contributed by atoms with E-state index in [0.29, 0.717) is 12.1 Å². The normalized spacial score (nSPS) is 33.2. The fourth-order valence-electron chi connectivity index (χ4n) is 3.84. The molecule has 2 fully saturated rings. The lowest BCUT2D eigenvalue weighted by molar-refractivity contribution is 0.0732. The second-order valence-electron chi connectivity index (χ2n) is 6.47. The summed E-state index contributed by atoms with van der Waals surface area (Å²) in [6.45, 7) is 5.36. The van der Waals surface area contributed by atoms with Crippen molar-refractivity contribution in [2.45, 2.75) is 69.2 Å². The van der Waals surface area contributed by atoms with Crippen molar-refractivity contribution >= 4 is 9.84 Å². The van der Waals surface area contributed by atoms with Crippen LogP contribution in [0.2, 0.25) is 0 Å². The molecule has 3 unspecified atom stereocenters. The van der Waals surface area contributed by atoms with E-state index >= 15 is 0 Å². The molecule has 0 radical (unpaired) electrons. The van der Waals surface area contributed by atoms with Gasteiger partial charge in [0, 0.05) is 24.9 Å². The van der Waals surface area contributed by atoms with Crippen molar-refractivity contribution in [1.29, 1.82) is 0 Å². The average Bonchev–Trinajstić information content (AvgIpc) is 2.45. The molecule has 1 aliphatic heterocycles. The molecule has 0 bridgehead atoms. The number of likely N-dealkylation sites (tertiary alicyclic amines) is 1. The van der Waals surface area contributed by atoms with Crippen LogP contribution in [0.5, 0.6) is 0 Å². The van der Waals surface area contributed by atoms with Crippen molar-refractivity contribution < 1.29 is 8.42 Å². The molecule has 1 aliphatic carbocycles. The van der Waals surface area contributed by atoms with Gasteiger partial charge in [-0.3, -0.25) is 4.90 Å². The van der Waals surface area contributed by atoms with E-state index in [9.17, 15) is 8.42 Å². The molecule has 0 aromatic heterocycles. The topological polar surface area (TPSA) is 49.4 Å². The molecule has 4 nitrogen and oxygen atoms in total. The molecule has 20 heavy (non-hydrogen) atoms. The molecule has 0 amide bonds. The fraction of sp³-hybridized carbons (Fsp3) is 1.00. The molecule has 0 aromatic carbocycles. The molecular formula is C15H30N2O2S. The molecule has 3 atom stereocenters. The summed E-state index contributed by atoms with van der Waals surface area (Å²) in [6.07, 6.45) is 9.20. The van der Waals surface area contributed by atoms with E-state index in [2.05, 4.69) is 17.1 Å². The maximum absolute atomic E-state index is 11.8. The van der Waals surface area contributed by atoms with Crippen molar-refractivity contribution in [3.8, 4) is 0 Å². The second-order valence-corrected chi connectivity index (χ2v) is 8.79. The fourth-order valence-corrected chi connectivity index (χ4v) is 5.01. The Morgan fingerprint density at radius 1 is 1.15 bits per heavy atom. The van der Waals surface area contributed by atoms with Gasteiger partial charge in [-0.05, 0) is 45.2 Å². The molecule has 1 heterocycles. The van der Waals surface area contributed by atoms with Crippen molar-refractivity contribution in [3.05, 3.63) is 0 Å². The summed E-state index contributed by atoms with van der Waals surface area (Å²) in [5.41, 5.74) is 0. The van der Waals surface area contributed by atoms with Gasteiger partial charge in [0.1, 0.15) is 9.84 Å². The molecule has 0 spiro atoms. The number of sulfone groups is 1. The van der Waals surface area contributed by atoms with Crippen LogP contribution in [0, 0.1) is 0 Å². The Kier molecular flexibility index (Phi) is 5.87. The van der Waals surface area contributed by atoms with Gasteiger partial charge in [-0.2, -0.15) is 0 Å². The summed E-state index contributed by atoms with van der Waals surface area (Å²) in [5, 5.41) is 3.36. The highest BCUT2D eigenvalue weighted by atomic mass is 32.2. The minimum absolute atomic E-state index is 0.108. The van der Waals surface area contributed by atoms with Crippen LogP contribution < -0.4 is 5.32 Å². The van der Waals surface area contributed by atoms with Crippen LogP contribution in [0.15, 0.2) is 0 Å².